The summed E-state index contributed by atoms with van der Waals surface area (Å²) in [7, 11) is 1.62. The van der Waals surface area contributed by atoms with Gasteiger partial charge < -0.3 is 14.8 Å². The summed E-state index contributed by atoms with van der Waals surface area (Å²) in [5.41, 5.74) is 1.52. The molecule has 27 heavy (non-hydrogen) atoms. The fourth-order valence-corrected chi connectivity index (χ4v) is 2.72. The lowest BCUT2D eigenvalue weighted by molar-refractivity contribution is -0.124. The lowest BCUT2D eigenvalue weighted by Crippen LogP contribution is -2.30. The predicted molar refractivity (Wildman–Crippen MR) is 104 cm³/mol. The van der Waals surface area contributed by atoms with Crippen LogP contribution in [-0.4, -0.2) is 32.1 Å². The first kappa shape index (κ1) is 18.5. The van der Waals surface area contributed by atoms with Crippen molar-refractivity contribution in [3.8, 4) is 5.75 Å². The molecule has 0 fully saturated rings. The van der Waals surface area contributed by atoms with Crippen LogP contribution >= 0.6 is 0 Å². The molecule has 1 amide bonds. The number of esters is 1. The van der Waals surface area contributed by atoms with Gasteiger partial charge in [-0.25, -0.2) is 4.79 Å². The standard InChI is InChI=1S/C22H21NO4/c1-26-20-10-6-16(7-11-20)12-13-23-21(24)15-27-22(25)19-9-8-17-4-2-3-5-18(17)14-19/h2-11,14H,12-13,15H2,1H3,(H,23,24). The molecule has 0 aromatic heterocycles. The Kier molecular flexibility index (Phi) is 6.05. The minimum absolute atomic E-state index is 0.297. The number of carbonyl (C=O) groups is 2. The minimum atomic E-state index is -0.508. The molecular formula is C22H21NO4. The van der Waals surface area contributed by atoms with E-state index in [0.717, 1.165) is 22.1 Å². The molecule has 0 saturated carbocycles. The third-order valence-corrected chi connectivity index (χ3v) is 4.21. The molecule has 0 aliphatic heterocycles. The van der Waals surface area contributed by atoms with Gasteiger partial charge in [-0.05, 0) is 47.0 Å². The lowest BCUT2D eigenvalue weighted by atomic mass is 10.1. The van der Waals surface area contributed by atoms with Crippen LogP contribution in [0.15, 0.2) is 66.7 Å². The topological polar surface area (TPSA) is 64.6 Å². The van der Waals surface area contributed by atoms with E-state index in [4.69, 9.17) is 9.47 Å². The van der Waals surface area contributed by atoms with Crippen molar-refractivity contribution in [2.24, 2.45) is 0 Å². The van der Waals surface area contributed by atoms with Gasteiger partial charge >= 0.3 is 5.97 Å². The molecule has 138 valence electrons. The first-order valence-corrected chi connectivity index (χ1v) is 8.71. The number of rotatable bonds is 7. The van der Waals surface area contributed by atoms with Crippen LogP contribution in [0.2, 0.25) is 0 Å². The van der Waals surface area contributed by atoms with Gasteiger partial charge in [0.15, 0.2) is 6.61 Å². The SMILES string of the molecule is COc1ccc(CCNC(=O)COC(=O)c2ccc3ccccc3c2)cc1. The largest absolute Gasteiger partial charge is 0.497 e. The van der Waals surface area contributed by atoms with Gasteiger partial charge in [0.1, 0.15) is 5.75 Å². The highest BCUT2D eigenvalue weighted by Crippen LogP contribution is 2.16. The van der Waals surface area contributed by atoms with E-state index in [-0.39, 0.29) is 12.5 Å². The molecule has 3 aromatic carbocycles. The maximum absolute atomic E-state index is 12.1. The number of amides is 1. The summed E-state index contributed by atoms with van der Waals surface area (Å²) in [6, 6.07) is 20.7. The Morgan fingerprint density at radius 2 is 1.67 bits per heavy atom. The van der Waals surface area contributed by atoms with Crippen molar-refractivity contribution in [2.45, 2.75) is 6.42 Å². The normalized spacial score (nSPS) is 10.4. The number of benzene rings is 3. The molecule has 0 bridgehead atoms. The van der Waals surface area contributed by atoms with Gasteiger partial charge in [0.2, 0.25) is 0 Å². The van der Waals surface area contributed by atoms with E-state index in [1.165, 1.54) is 0 Å². The summed E-state index contributed by atoms with van der Waals surface area (Å²) in [6.45, 7) is 0.174. The average molecular weight is 363 g/mol. The Labute approximate surface area is 157 Å². The van der Waals surface area contributed by atoms with Gasteiger partial charge in [-0.15, -0.1) is 0 Å². The second-order valence-electron chi connectivity index (χ2n) is 6.09. The van der Waals surface area contributed by atoms with Crippen molar-refractivity contribution in [2.75, 3.05) is 20.3 Å². The maximum atomic E-state index is 12.1. The van der Waals surface area contributed by atoms with Crippen LogP contribution in [0.25, 0.3) is 10.8 Å². The Morgan fingerprint density at radius 3 is 2.41 bits per heavy atom. The summed E-state index contributed by atoms with van der Waals surface area (Å²) in [4.78, 5) is 24.0. The second kappa shape index (κ2) is 8.85. The number of ether oxygens (including phenoxy) is 2. The second-order valence-corrected chi connectivity index (χ2v) is 6.09. The summed E-state index contributed by atoms with van der Waals surface area (Å²) in [6.07, 6.45) is 0.689. The fourth-order valence-electron chi connectivity index (χ4n) is 2.72. The Balaban J connectivity index is 1.44. The highest BCUT2D eigenvalue weighted by atomic mass is 16.5. The zero-order valence-electron chi connectivity index (χ0n) is 15.1. The van der Waals surface area contributed by atoms with Crippen molar-refractivity contribution < 1.29 is 19.1 Å². The molecule has 3 rings (SSSR count). The predicted octanol–water partition coefficient (Wildman–Crippen LogP) is 3.36. The Bertz CT molecular complexity index is 934. The molecule has 0 radical (unpaired) electrons. The van der Waals surface area contributed by atoms with E-state index in [0.29, 0.717) is 18.5 Å². The van der Waals surface area contributed by atoms with Crippen LogP contribution in [0.3, 0.4) is 0 Å². The summed E-state index contributed by atoms with van der Waals surface area (Å²) >= 11 is 0. The first-order chi connectivity index (χ1) is 13.2. The Hall–Kier alpha value is -3.34. The molecule has 0 atom stereocenters. The number of fused-ring (bicyclic) bond motifs is 1. The van der Waals surface area contributed by atoms with Crippen LogP contribution in [-0.2, 0) is 16.0 Å². The van der Waals surface area contributed by atoms with Crippen LogP contribution in [0.5, 0.6) is 5.75 Å². The smallest absolute Gasteiger partial charge is 0.338 e. The van der Waals surface area contributed by atoms with Crippen molar-refractivity contribution in [3.05, 3.63) is 77.9 Å². The van der Waals surface area contributed by atoms with Gasteiger partial charge in [0, 0.05) is 6.54 Å². The molecule has 0 unspecified atom stereocenters. The van der Waals surface area contributed by atoms with Crippen LogP contribution < -0.4 is 10.1 Å². The van der Waals surface area contributed by atoms with Crippen molar-refractivity contribution in [1.29, 1.82) is 0 Å². The molecule has 0 spiro atoms. The molecule has 3 aromatic rings. The van der Waals surface area contributed by atoms with Crippen LogP contribution in [0, 0.1) is 0 Å². The zero-order valence-corrected chi connectivity index (χ0v) is 15.1. The van der Waals surface area contributed by atoms with Crippen molar-refractivity contribution in [1.82, 2.24) is 5.32 Å². The minimum Gasteiger partial charge on any atom is -0.497 e. The quantitative estimate of drug-likeness (QED) is 0.654. The molecule has 5 heteroatoms. The van der Waals surface area contributed by atoms with E-state index in [9.17, 15) is 9.59 Å². The molecule has 0 aliphatic rings. The van der Waals surface area contributed by atoms with E-state index < -0.39 is 5.97 Å². The average Bonchev–Trinajstić information content (AvgIpc) is 2.72. The first-order valence-electron chi connectivity index (χ1n) is 8.71. The molecular weight excluding hydrogens is 342 g/mol. The summed E-state index contributed by atoms with van der Waals surface area (Å²) in [5.74, 6) is -0.0351. The molecule has 0 heterocycles. The zero-order chi connectivity index (χ0) is 19.1. The van der Waals surface area contributed by atoms with E-state index in [1.807, 2.05) is 54.6 Å². The van der Waals surface area contributed by atoms with Crippen LogP contribution in [0.4, 0.5) is 0 Å². The molecule has 1 N–H and O–H groups in total. The van der Waals surface area contributed by atoms with E-state index in [2.05, 4.69) is 5.32 Å². The molecule has 0 aliphatic carbocycles. The summed E-state index contributed by atoms with van der Waals surface area (Å²) in [5, 5.41) is 4.75. The Morgan fingerprint density at radius 1 is 0.926 bits per heavy atom. The monoisotopic (exact) mass is 363 g/mol. The maximum Gasteiger partial charge on any atom is 0.338 e. The third kappa shape index (κ3) is 5.07. The number of methoxy groups -OCH3 is 1. The van der Waals surface area contributed by atoms with Crippen molar-refractivity contribution >= 4 is 22.6 Å². The lowest BCUT2D eigenvalue weighted by Gasteiger charge is -2.08. The highest BCUT2D eigenvalue weighted by molar-refractivity contribution is 5.96. The molecule has 0 saturated heterocycles. The van der Waals surface area contributed by atoms with Gasteiger partial charge in [-0.2, -0.15) is 0 Å². The number of carbonyl (C=O) groups excluding carboxylic acids is 2. The van der Waals surface area contributed by atoms with Crippen molar-refractivity contribution in [3.63, 3.8) is 0 Å². The molecule has 5 nitrogen and oxygen atoms in total. The summed E-state index contributed by atoms with van der Waals surface area (Å²) < 4.78 is 10.2. The van der Waals surface area contributed by atoms with E-state index >= 15 is 0 Å². The van der Waals surface area contributed by atoms with Gasteiger partial charge in [-0.3, -0.25) is 4.79 Å². The number of nitrogens with one attached hydrogen (secondary N) is 1. The fraction of sp³-hybridized carbons (Fsp3) is 0.182. The number of hydrogen-bond acceptors (Lipinski definition) is 4. The number of hydrogen-bond donors (Lipinski definition) is 1. The van der Waals surface area contributed by atoms with Gasteiger partial charge in [-0.1, -0.05) is 42.5 Å². The third-order valence-electron chi connectivity index (χ3n) is 4.21. The van der Waals surface area contributed by atoms with E-state index in [1.54, 1.807) is 19.2 Å². The van der Waals surface area contributed by atoms with Crippen LogP contribution in [0.1, 0.15) is 15.9 Å². The van der Waals surface area contributed by atoms with Gasteiger partial charge in [0.05, 0.1) is 12.7 Å². The highest BCUT2D eigenvalue weighted by Gasteiger charge is 2.10. The van der Waals surface area contributed by atoms with Gasteiger partial charge in [0.25, 0.3) is 5.91 Å².